The van der Waals surface area contributed by atoms with E-state index in [1.165, 1.54) is 22.6 Å². The van der Waals surface area contributed by atoms with Crippen LogP contribution in [0.2, 0.25) is 0 Å². The van der Waals surface area contributed by atoms with Crippen LogP contribution < -0.4 is 5.32 Å². The average molecular weight is 286 g/mol. The van der Waals surface area contributed by atoms with Crippen molar-refractivity contribution in [3.63, 3.8) is 0 Å². The van der Waals surface area contributed by atoms with Crippen molar-refractivity contribution in [2.75, 3.05) is 5.32 Å². The molecule has 1 heterocycles. The van der Waals surface area contributed by atoms with Crippen LogP contribution >= 0.6 is 11.3 Å². The molecule has 1 amide bonds. The molecule has 0 saturated carbocycles. The fraction of sp³-hybridized carbons (Fsp3) is 0.375. The summed E-state index contributed by atoms with van der Waals surface area (Å²) in [6, 6.07) is 10.1. The number of fused-ring (bicyclic) bond motifs is 1. The molecule has 3 nitrogen and oxygen atoms in total. The van der Waals surface area contributed by atoms with E-state index in [2.05, 4.69) is 29.4 Å². The van der Waals surface area contributed by atoms with Crippen molar-refractivity contribution in [3.05, 3.63) is 46.5 Å². The van der Waals surface area contributed by atoms with E-state index in [4.69, 9.17) is 0 Å². The molecule has 1 unspecified atom stereocenters. The van der Waals surface area contributed by atoms with Gasteiger partial charge in [0.05, 0.1) is 5.69 Å². The topological polar surface area (TPSA) is 42.0 Å². The summed E-state index contributed by atoms with van der Waals surface area (Å²) in [5, 5.41) is 3.70. The number of carbonyl (C=O) groups excluding carboxylic acids is 1. The molecule has 2 aromatic rings. The van der Waals surface area contributed by atoms with Crippen LogP contribution in [0.3, 0.4) is 0 Å². The minimum absolute atomic E-state index is 0.0498. The van der Waals surface area contributed by atoms with Crippen molar-refractivity contribution in [3.8, 4) is 0 Å². The highest BCUT2D eigenvalue weighted by molar-refractivity contribution is 7.15. The highest BCUT2D eigenvalue weighted by atomic mass is 32.1. The number of rotatable bonds is 4. The second-order valence-electron chi connectivity index (χ2n) is 5.31. The largest absolute Gasteiger partial charge is 0.302 e. The maximum atomic E-state index is 12.1. The number of aryl methyl sites for hydroxylation is 2. The summed E-state index contributed by atoms with van der Waals surface area (Å²) in [5.74, 6) is 0.275. The van der Waals surface area contributed by atoms with Gasteiger partial charge >= 0.3 is 0 Å². The second-order valence-corrected chi connectivity index (χ2v) is 6.39. The van der Waals surface area contributed by atoms with Gasteiger partial charge in [-0.1, -0.05) is 37.3 Å². The number of nitrogens with one attached hydrogen (secondary N) is 1. The maximum Gasteiger partial charge on any atom is 0.226 e. The standard InChI is InChI=1S/C16H18N2OS/c1-11(12-6-3-2-4-7-12)10-15(19)18-16-17-13-8-5-9-14(13)20-16/h2-4,6-7,11H,5,8-10H2,1H3,(H,17,18,19). The van der Waals surface area contributed by atoms with E-state index in [0.29, 0.717) is 6.42 Å². The molecule has 1 aliphatic rings. The lowest BCUT2D eigenvalue weighted by Crippen LogP contribution is -2.14. The Balaban J connectivity index is 1.59. The lowest BCUT2D eigenvalue weighted by atomic mass is 9.98. The van der Waals surface area contributed by atoms with Gasteiger partial charge in [-0.3, -0.25) is 4.79 Å². The van der Waals surface area contributed by atoms with Crippen LogP contribution in [0, 0.1) is 0 Å². The summed E-state index contributed by atoms with van der Waals surface area (Å²) in [6.45, 7) is 2.08. The normalized spacial score (nSPS) is 14.8. The Kier molecular flexibility index (Phi) is 3.83. The van der Waals surface area contributed by atoms with E-state index in [9.17, 15) is 4.79 Å². The zero-order chi connectivity index (χ0) is 13.9. The zero-order valence-corrected chi connectivity index (χ0v) is 12.4. The number of carbonyl (C=O) groups is 1. The van der Waals surface area contributed by atoms with Crippen LogP contribution in [0.1, 0.15) is 41.8 Å². The smallest absolute Gasteiger partial charge is 0.226 e. The highest BCUT2D eigenvalue weighted by Gasteiger charge is 2.18. The van der Waals surface area contributed by atoms with Crippen LogP contribution in [0.25, 0.3) is 0 Å². The Morgan fingerprint density at radius 1 is 1.35 bits per heavy atom. The molecule has 0 aliphatic heterocycles. The molecule has 0 radical (unpaired) electrons. The predicted molar refractivity (Wildman–Crippen MR) is 82.2 cm³/mol. The third kappa shape index (κ3) is 2.90. The van der Waals surface area contributed by atoms with Gasteiger partial charge in [-0.25, -0.2) is 4.98 Å². The summed E-state index contributed by atoms with van der Waals surface area (Å²) in [4.78, 5) is 17.9. The Labute approximate surface area is 123 Å². The van der Waals surface area contributed by atoms with Gasteiger partial charge in [-0.05, 0) is 30.7 Å². The van der Waals surface area contributed by atoms with E-state index in [1.54, 1.807) is 11.3 Å². The van der Waals surface area contributed by atoms with Gasteiger partial charge in [-0.2, -0.15) is 0 Å². The number of hydrogen-bond donors (Lipinski definition) is 1. The fourth-order valence-corrected chi connectivity index (χ4v) is 3.66. The first kappa shape index (κ1) is 13.3. The van der Waals surface area contributed by atoms with E-state index >= 15 is 0 Å². The molecule has 3 rings (SSSR count). The van der Waals surface area contributed by atoms with Crippen molar-refractivity contribution < 1.29 is 4.79 Å². The van der Waals surface area contributed by atoms with Crippen molar-refractivity contribution in [1.82, 2.24) is 4.98 Å². The fourth-order valence-electron chi connectivity index (χ4n) is 2.59. The summed E-state index contributed by atoms with van der Waals surface area (Å²) in [7, 11) is 0. The van der Waals surface area contributed by atoms with E-state index in [0.717, 1.165) is 18.0 Å². The van der Waals surface area contributed by atoms with Crippen molar-refractivity contribution in [1.29, 1.82) is 0 Å². The van der Waals surface area contributed by atoms with E-state index < -0.39 is 0 Å². The Bertz CT molecular complexity index is 585. The molecule has 1 N–H and O–H groups in total. The van der Waals surface area contributed by atoms with Crippen LogP contribution in [0.4, 0.5) is 5.13 Å². The predicted octanol–water partition coefficient (Wildman–Crippen LogP) is 3.76. The molecular weight excluding hydrogens is 268 g/mol. The molecule has 0 bridgehead atoms. The highest BCUT2D eigenvalue weighted by Crippen LogP contribution is 2.30. The van der Waals surface area contributed by atoms with E-state index in [1.807, 2.05) is 18.2 Å². The van der Waals surface area contributed by atoms with Gasteiger partial charge < -0.3 is 5.32 Å². The SMILES string of the molecule is CC(CC(=O)Nc1nc2c(s1)CCC2)c1ccccc1. The molecule has 4 heteroatoms. The first-order chi connectivity index (χ1) is 9.72. The van der Waals surface area contributed by atoms with Crippen molar-refractivity contribution in [2.24, 2.45) is 0 Å². The molecule has 0 fully saturated rings. The number of hydrogen-bond acceptors (Lipinski definition) is 3. The average Bonchev–Trinajstić information content (AvgIpc) is 3.00. The summed E-state index contributed by atoms with van der Waals surface area (Å²) in [6.07, 6.45) is 3.87. The van der Waals surface area contributed by atoms with E-state index in [-0.39, 0.29) is 11.8 Å². The minimum atomic E-state index is 0.0498. The van der Waals surface area contributed by atoms with Gasteiger partial charge in [0.1, 0.15) is 0 Å². The second kappa shape index (κ2) is 5.75. The summed E-state index contributed by atoms with van der Waals surface area (Å²) >= 11 is 1.63. The number of amides is 1. The van der Waals surface area contributed by atoms with Crippen LogP contribution in [0.15, 0.2) is 30.3 Å². The third-order valence-electron chi connectivity index (χ3n) is 3.70. The zero-order valence-electron chi connectivity index (χ0n) is 11.6. The van der Waals surface area contributed by atoms with Gasteiger partial charge in [0, 0.05) is 11.3 Å². The number of nitrogens with zero attached hydrogens (tertiary/aromatic N) is 1. The molecule has 0 spiro atoms. The number of benzene rings is 1. The maximum absolute atomic E-state index is 12.1. The number of thiazole rings is 1. The Morgan fingerprint density at radius 2 is 2.15 bits per heavy atom. The third-order valence-corrected chi connectivity index (χ3v) is 4.78. The number of aromatic nitrogens is 1. The van der Waals surface area contributed by atoms with Gasteiger partial charge in [0.2, 0.25) is 5.91 Å². The molecule has 1 aliphatic carbocycles. The first-order valence-electron chi connectivity index (χ1n) is 7.06. The molecule has 104 valence electrons. The molecule has 1 atom stereocenters. The Morgan fingerprint density at radius 3 is 2.90 bits per heavy atom. The minimum Gasteiger partial charge on any atom is -0.302 e. The lowest BCUT2D eigenvalue weighted by Gasteiger charge is -2.10. The molecule has 20 heavy (non-hydrogen) atoms. The molecule has 1 aromatic carbocycles. The molecule has 0 saturated heterocycles. The van der Waals surface area contributed by atoms with Crippen LogP contribution in [0.5, 0.6) is 0 Å². The molecule has 1 aromatic heterocycles. The monoisotopic (exact) mass is 286 g/mol. The quantitative estimate of drug-likeness (QED) is 0.929. The van der Waals surface area contributed by atoms with Crippen molar-refractivity contribution >= 4 is 22.4 Å². The van der Waals surface area contributed by atoms with Gasteiger partial charge in [0.15, 0.2) is 5.13 Å². The number of anilines is 1. The molecular formula is C16H18N2OS. The van der Waals surface area contributed by atoms with Crippen LogP contribution in [-0.2, 0) is 17.6 Å². The summed E-state index contributed by atoms with van der Waals surface area (Å²) < 4.78 is 0. The van der Waals surface area contributed by atoms with Gasteiger partial charge in [-0.15, -0.1) is 11.3 Å². The van der Waals surface area contributed by atoms with Crippen molar-refractivity contribution in [2.45, 2.75) is 38.5 Å². The lowest BCUT2D eigenvalue weighted by molar-refractivity contribution is -0.116. The van der Waals surface area contributed by atoms with Gasteiger partial charge in [0.25, 0.3) is 0 Å². The van der Waals surface area contributed by atoms with Crippen LogP contribution in [-0.4, -0.2) is 10.9 Å². The summed E-state index contributed by atoms with van der Waals surface area (Å²) in [5.41, 5.74) is 2.38. The Hall–Kier alpha value is -1.68. The first-order valence-corrected chi connectivity index (χ1v) is 7.87.